The Morgan fingerprint density at radius 2 is 1.65 bits per heavy atom. The van der Waals surface area contributed by atoms with Gasteiger partial charge in [0.2, 0.25) is 5.91 Å². The van der Waals surface area contributed by atoms with E-state index in [1.165, 1.54) is 0 Å². The van der Waals surface area contributed by atoms with E-state index < -0.39 is 5.91 Å². The average molecular weight is 480 g/mol. The van der Waals surface area contributed by atoms with Crippen molar-refractivity contribution in [2.24, 2.45) is 5.92 Å². The third-order valence-corrected chi connectivity index (χ3v) is 5.29. The molecule has 162 valence electrons. The van der Waals surface area contributed by atoms with Gasteiger partial charge in [-0.15, -0.1) is 0 Å². The molecular formula is C22H21Cl3N4O2. The molecule has 9 heteroatoms. The lowest BCUT2D eigenvalue weighted by molar-refractivity contribution is -0.122. The lowest BCUT2D eigenvalue weighted by atomic mass is 10.1. The lowest BCUT2D eigenvalue weighted by Gasteiger charge is -2.11. The largest absolute Gasteiger partial charge is 0.290 e. The second kappa shape index (κ2) is 9.73. The molecule has 0 aliphatic rings. The smallest absolute Gasteiger partial charge is 0.273 e. The Bertz CT molecular complexity index is 1120. The molecule has 2 amide bonds. The molecule has 2 N–H and O–H groups in total. The third-order valence-electron chi connectivity index (χ3n) is 4.50. The summed E-state index contributed by atoms with van der Waals surface area (Å²) < 4.78 is 1.59. The van der Waals surface area contributed by atoms with Gasteiger partial charge in [0.25, 0.3) is 5.91 Å². The first-order chi connectivity index (χ1) is 14.7. The molecule has 0 unspecified atom stereocenters. The minimum Gasteiger partial charge on any atom is -0.273 e. The van der Waals surface area contributed by atoms with Gasteiger partial charge in [-0.25, -0.2) is 4.68 Å². The number of amides is 2. The number of nitrogens with one attached hydrogen (secondary N) is 2. The van der Waals surface area contributed by atoms with Crippen molar-refractivity contribution in [1.29, 1.82) is 0 Å². The van der Waals surface area contributed by atoms with Gasteiger partial charge in [0, 0.05) is 27.6 Å². The van der Waals surface area contributed by atoms with Crippen molar-refractivity contribution in [3.63, 3.8) is 0 Å². The molecule has 0 saturated carbocycles. The molecule has 0 spiro atoms. The summed E-state index contributed by atoms with van der Waals surface area (Å²) in [4.78, 5) is 24.7. The maximum atomic E-state index is 12.8. The van der Waals surface area contributed by atoms with Crippen molar-refractivity contribution in [2.45, 2.75) is 27.2 Å². The van der Waals surface area contributed by atoms with E-state index in [0.29, 0.717) is 38.4 Å². The van der Waals surface area contributed by atoms with E-state index in [1.54, 1.807) is 41.9 Å². The first-order valence-corrected chi connectivity index (χ1v) is 10.7. The molecule has 3 rings (SSSR count). The zero-order chi connectivity index (χ0) is 22.7. The first-order valence-electron chi connectivity index (χ1n) is 9.57. The summed E-state index contributed by atoms with van der Waals surface area (Å²) in [7, 11) is 0. The number of nitrogens with zero attached hydrogens (tertiary/aromatic N) is 2. The van der Waals surface area contributed by atoms with Crippen LogP contribution >= 0.6 is 34.8 Å². The van der Waals surface area contributed by atoms with Crippen molar-refractivity contribution >= 4 is 46.6 Å². The summed E-state index contributed by atoms with van der Waals surface area (Å²) in [6, 6.07) is 12.2. The second-order valence-electron chi connectivity index (χ2n) is 7.44. The van der Waals surface area contributed by atoms with Gasteiger partial charge in [0.1, 0.15) is 0 Å². The first kappa shape index (κ1) is 23.1. The molecule has 0 aliphatic carbocycles. The van der Waals surface area contributed by atoms with Gasteiger partial charge in [-0.2, -0.15) is 5.10 Å². The van der Waals surface area contributed by atoms with Gasteiger partial charge in [0.05, 0.1) is 16.4 Å². The quantitative estimate of drug-likeness (QED) is 0.467. The zero-order valence-electron chi connectivity index (χ0n) is 17.2. The van der Waals surface area contributed by atoms with E-state index in [-0.39, 0.29) is 17.5 Å². The van der Waals surface area contributed by atoms with Gasteiger partial charge < -0.3 is 0 Å². The number of hydrazine groups is 1. The number of hydrogen-bond donors (Lipinski definition) is 2. The van der Waals surface area contributed by atoms with E-state index in [4.69, 9.17) is 34.8 Å². The highest BCUT2D eigenvalue weighted by molar-refractivity contribution is 6.35. The highest BCUT2D eigenvalue weighted by Gasteiger charge is 2.23. The average Bonchev–Trinajstić information content (AvgIpc) is 3.03. The summed E-state index contributed by atoms with van der Waals surface area (Å²) in [5.74, 6) is -0.644. The Morgan fingerprint density at radius 3 is 2.26 bits per heavy atom. The number of benzene rings is 2. The SMILES string of the molecule is Cc1c(C(=O)NNC(=O)CC(C)C)nn(-c2ccc(Cl)cc2Cl)c1-c1ccc(Cl)cc1. The van der Waals surface area contributed by atoms with Crippen LogP contribution in [0.4, 0.5) is 0 Å². The number of carbonyl (C=O) groups excluding carboxylic acids is 2. The fraction of sp³-hybridized carbons (Fsp3) is 0.227. The normalized spacial score (nSPS) is 10.9. The Hall–Kier alpha value is -2.54. The molecule has 6 nitrogen and oxygen atoms in total. The van der Waals surface area contributed by atoms with Crippen molar-refractivity contribution in [1.82, 2.24) is 20.6 Å². The van der Waals surface area contributed by atoms with Crippen molar-refractivity contribution in [3.8, 4) is 16.9 Å². The summed E-state index contributed by atoms with van der Waals surface area (Å²) in [5, 5.41) is 5.95. The van der Waals surface area contributed by atoms with Crippen molar-refractivity contribution < 1.29 is 9.59 Å². The summed E-state index contributed by atoms with van der Waals surface area (Å²) in [6.07, 6.45) is 0.296. The van der Waals surface area contributed by atoms with Crippen LogP contribution in [-0.4, -0.2) is 21.6 Å². The fourth-order valence-electron chi connectivity index (χ4n) is 3.09. The standard InChI is InChI=1S/C22H21Cl3N4O2/c1-12(2)10-19(30)26-27-22(31)20-13(3)21(14-4-6-15(23)7-5-14)29(28-20)18-9-8-16(24)11-17(18)25/h4-9,11-12H,10H2,1-3H3,(H,26,30)(H,27,31). The predicted octanol–water partition coefficient (Wildman–Crippen LogP) is 5.62. The Labute approximate surface area is 195 Å². The van der Waals surface area contributed by atoms with Gasteiger partial charge >= 0.3 is 0 Å². The van der Waals surface area contributed by atoms with E-state index in [0.717, 1.165) is 5.56 Å². The molecule has 0 atom stereocenters. The maximum Gasteiger partial charge on any atom is 0.290 e. The van der Waals surface area contributed by atoms with E-state index in [1.807, 2.05) is 26.0 Å². The van der Waals surface area contributed by atoms with Gasteiger partial charge in [-0.05, 0) is 43.2 Å². The molecule has 1 heterocycles. The predicted molar refractivity (Wildman–Crippen MR) is 124 cm³/mol. The summed E-state index contributed by atoms with van der Waals surface area (Å²) >= 11 is 18.5. The fourth-order valence-corrected chi connectivity index (χ4v) is 3.71. The molecule has 3 aromatic rings. The summed E-state index contributed by atoms with van der Waals surface area (Å²) in [5.41, 5.74) is 7.64. The van der Waals surface area contributed by atoms with E-state index >= 15 is 0 Å². The van der Waals surface area contributed by atoms with Crippen LogP contribution in [-0.2, 0) is 4.79 Å². The zero-order valence-corrected chi connectivity index (χ0v) is 19.4. The van der Waals surface area contributed by atoms with Crippen LogP contribution in [0.3, 0.4) is 0 Å². The molecule has 1 aromatic heterocycles. The Kier molecular flexibility index (Phi) is 7.26. The van der Waals surface area contributed by atoms with Crippen LogP contribution < -0.4 is 10.9 Å². The molecule has 0 fully saturated rings. The van der Waals surface area contributed by atoms with Crippen LogP contribution in [0.15, 0.2) is 42.5 Å². The number of aromatic nitrogens is 2. The molecule has 0 aliphatic heterocycles. The molecule has 0 saturated heterocycles. The second-order valence-corrected chi connectivity index (χ2v) is 8.72. The monoisotopic (exact) mass is 478 g/mol. The number of hydrogen-bond acceptors (Lipinski definition) is 3. The highest BCUT2D eigenvalue weighted by Crippen LogP contribution is 2.33. The molecule has 31 heavy (non-hydrogen) atoms. The number of carbonyl (C=O) groups is 2. The minimum absolute atomic E-state index is 0.154. The highest BCUT2D eigenvalue weighted by atomic mass is 35.5. The number of halogens is 3. The molecule has 2 aromatic carbocycles. The molecule has 0 bridgehead atoms. The number of rotatable bonds is 5. The summed E-state index contributed by atoms with van der Waals surface area (Å²) in [6.45, 7) is 5.62. The van der Waals surface area contributed by atoms with Gasteiger partial charge in [0.15, 0.2) is 5.69 Å². The van der Waals surface area contributed by atoms with Crippen LogP contribution in [0.1, 0.15) is 36.3 Å². The van der Waals surface area contributed by atoms with Gasteiger partial charge in [-0.1, -0.05) is 60.8 Å². The van der Waals surface area contributed by atoms with E-state index in [2.05, 4.69) is 16.0 Å². The van der Waals surface area contributed by atoms with Crippen LogP contribution in [0.25, 0.3) is 16.9 Å². The van der Waals surface area contributed by atoms with Crippen molar-refractivity contribution in [2.75, 3.05) is 0 Å². The van der Waals surface area contributed by atoms with Crippen LogP contribution in [0, 0.1) is 12.8 Å². The lowest BCUT2D eigenvalue weighted by Crippen LogP contribution is -2.42. The van der Waals surface area contributed by atoms with Crippen molar-refractivity contribution in [3.05, 3.63) is 68.8 Å². The van der Waals surface area contributed by atoms with Crippen LogP contribution in [0.2, 0.25) is 15.1 Å². The maximum absolute atomic E-state index is 12.8. The minimum atomic E-state index is -0.534. The topological polar surface area (TPSA) is 76.0 Å². The van der Waals surface area contributed by atoms with Gasteiger partial charge in [-0.3, -0.25) is 20.4 Å². The Morgan fingerprint density at radius 1 is 1.00 bits per heavy atom. The Balaban J connectivity index is 2.04. The third kappa shape index (κ3) is 5.39. The molecule has 0 radical (unpaired) electrons. The molecular weight excluding hydrogens is 459 g/mol. The van der Waals surface area contributed by atoms with Crippen LogP contribution in [0.5, 0.6) is 0 Å². The van der Waals surface area contributed by atoms with E-state index in [9.17, 15) is 9.59 Å².